The summed E-state index contributed by atoms with van der Waals surface area (Å²) in [5, 5.41) is 19.5. The van der Waals surface area contributed by atoms with E-state index in [9.17, 15) is 10.2 Å². The molecule has 0 heterocycles. The summed E-state index contributed by atoms with van der Waals surface area (Å²) in [4.78, 5) is 0. The molecule has 0 aliphatic carbocycles. The largest absolute Gasteiger partial charge is 0.507 e. The predicted molar refractivity (Wildman–Crippen MR) is 64.2 cm³/mol. The number of benzene rings is 1. The quantitative estimate of drug-likeness (QED) is 0.828. The molecule has 0 aliphatic rings. The van der Waals surface area contributed by atoms with Gasteiger partial charge in [-0.2, -0.15) is 0 Å². The van der Waals surface area contributed by atoms with Crippen LogP contribution in [0.1, 0.15) is 30.5 Å². The first-order valence-corrected chi connectivity index (χ1v) is 5.33. The van der Waals surface area contributed by atoms with Crippen molar-refractivity contribution in [2.45, 2.75) is 33.1 Å². The molecule has 90 valence electrons. The van der Waals surface area contributed by atoms with Crippen LogP contribution in [0, 0.1) is 13.8 Å². The van der Waals surface area contributed by atoms with Crippen LogP contribution in [0.3, 0.4) is 0 Å². The summed E-state index contributed by atoms with van der Waals surface area (Å²) in [7, 11) is 1.58. The third kappa shape index (κ3) is 2.00. The highest BCUT2D eigenvalue weighted by Crippen LogP contribution is 2.39. The summed E-state index contributed by atoms with van der Waals surface area (Å²) < 4.78 is 5.19. The lowest BCUT2D eigenvalue weighted by atomic mass is 9.81. The number of methoxy groups -OCH3 is 1. The van der Waals surface area contributed by atoms with Crippen molar-refractivity contribution in [3.05, 3.63) is 22.8 Å². The van der Waals surface area contributed by atoms with Crippen LogP contribution in [0.5, 0.6) is 11.5 Å². The lowest BCUT2D eigenvalue weighted by Crippen LogP contribution is -2.23. The topological polar surface area (TPSA) is 49.7 Å². The second-order valence-electron chi connectivity index (χ2n) is 4.79. The Morgan fingerprint density at radius 3 is 2.31 bits per heavy atom. The summed E-state index contributed by atoms with van der Waals surface area (Å²) in [6.45, 7) is 7.52. The Bertz CT molecular complexity index is 395. The van der Waals surface area contributed by atoms with Gasteiger partial charge in [0.2, 0.25) is 0 Å². The fourth-order valence-electron chi connectivity index (χ4n) is 2.01. The molecule has 3 heteroatoms. The van der Waals surface area contributed by atoms with Gasteiger partial charge in [-0.15, -0.1) is 0 Å². The summed E-state index contributed by atoms with van der Waals surface area (Å²) in [6.07, 6.45) is 0. The van der Waals surface area contributed by atoms with Crippen molar-refractivity contribution in [1.29, 1.82) is 0 Å². The number of phenols is 1. The Kier molecular flexibility index (Phi) is 3.48. The van der Waals surface area contributed by atoms with Gasteiger partial charge in [-0.1, -0.05) is 13.8 Å². The molecule has 1 aromatic carbocycles. The van der Waals surface area contributed by atoms with Crippen molar-refractivity contribution >= 4 is 0 Å². The average Bonchev–Trinajstić information content (AvgIpc) is 2.23. The highest BCUT2D eigenvalue weighted by Gasteiger charge is 2.27. The molecule has 0 bridgehead atoms. The third-order valence-corrected chi connectivity index (χ3v) is 3.00. The molecule has 2 N–H and O–H groups in total. The standard InChI is InChI=1S/C13H20O3/c1-8-6-10(16-5)9(2)12(15)11(8)13(3,4)7-14/h6,14-15H,7H2,1-5H3. The number of rotatable bonds is 3. The van der Waals surface area contributed by atoms with Crippen molar-refractivity contribution < 1.29 is 14.9 Å². The number of aryl methyl sites for hydroxylation is 1. The minimum atomic E-state index is -0.453. The number of hydrogen-bond acceptors (Lipinski definition) is 3. The molecule has 0 aliphatic heterocycles. The SMILES string of the molecule is COc1cc(C)c(C(C)(C)CO)c(O)c1C. The van der Waals surface area contributed by atoms with Crippen LogP contribution < -0.4 is 4.74 Å². The average molecular weight is 224 g/mol. The van der Waals surface area contributed by atoms with Crippen LogP contribution in [0.2, 0.25) is 0 Å². The number of aliphatic hydroxyl groups excluding tert-OH is 1. The molecule has 0 fully saturated rings. The van der Waals surface area contributed by atoms with Gasteiger partial charge in [0, 0.05) is 16.5 Å². The smallest absolute Gasteiger partial charge is 0.126 e. The van der Waals surface area contributed by atoms with Crippen LogP contribution in [0.15, 0.2) is 6.07 Å². The lowest BCUT2D eigenvalue weighted by molar-refractivity contribution is 0.214. The Labute approximate surface area is 96.7 Å². The maximum absolute atomic E-state index is 10.2. The number of ether oxygens (including phenoxy) is 1. The van der Waals surface area contributed by atoms with Crippen molar-refractivity contribution in [1.82, 2.24) is 0 Å². The number of phenolic OH excluding ortho intramolecular Hbond substituents is 1. The minimum Gasteiger partial charge on any atom is -0.507 e. The van der Waals surface area contributed by atoms with Gasteiger partial charge < -0.3 is 14.9 Å². The lowest BCUT2D eigenvalue weighted by Gasteiger charge is -2.27. The Morgan fingerprint density at radius 1 is 1.31 bits per heavy atom. The highest BCUT2D eigenvalue weighted by molar-refractivity contribution is 5.55. The zero-order chi connectivity index (χ0) is 12.5. The van der Waals surface area contributed by atoms with Crippen LogP contribution in [-0.2, 0) is 5.41 Å². The Hall–Kier alpha value is -1.22. The molecule has 1 aromatic rings. The van der Waals surface area contributed by atoms with Crippen LogP contribution >= 0.6 is 0 Å². The van der Waals surface area contributed by atoms with Crippen molar-refractivity contribution in [2.24, 2.45) is 0 Å². The van der Waals surface area contributed by atoms with Gasteiger partial charge in [0.25, 0.3) is 0 Å². The number of aromatic hydroxyl groups is 1. The van der Waals surface area contributed by atoms with Crippen LogP contribution in [0.4, 0.5) is 0 Å². The van der Waals surface area contributed by atoms with E-state index in [1.807, 2.05) is 33.8 Å². The number of hydrogen-bond donors (Lipinski definition) is 2. The normalized spacial score (nSPS) is 11.6. The molecule has 0 aromatic heterocycles. The predicted octanol–water partition coefficient (Wildman–Crippen LogP) is 2.29. The van der Waals surface area contributed by atoms with Gasteiger partial charge in [0.15, 0.2) is 0 Å². The summed E-state index contributed by atoms with van der Waals surface area (Å²) in [5.74, 6) is 0.892. The minimum absolute atomic E-state index is 0.00678. The first kappa shape index (κ1) is 12.8. The molecular weight excluding hydrogens is 204 g/mol. The molecule has 0 amide bonds. The highest BCUT2D eigenvalue weighted by atomic mass is 16.5. The van der Waals surface area contributed by atoms with E-state index in [2.05, 4.69) is 0 Å². The van der Waals surface area contributed by atoms with Crippen molar-refractivity contribution in [3.63, 3.8) is 0 Å². The molecular formula is C13H20O3. The second-order valence-corrected chi connectivity index (χ2v) is 4.79. The van der Waals surface area contributed by atoms with E-state index in [4.69, 9.17) is 4.74 Å². The molecule has 0 unspecified atom stereocenters. The molecule has 1 rings (SSSR count). The molecule has 0 spiro atoms. The molecule has 0 atom stereocenters. The van der Waals surface area contributed by atoms with Crippen LogP contribution in [0.25, 0.3) is 0 Å². The monoisotopic (exact) mass is 224 g/mol. The second kappa shape index (κ2) is 4.34. The van der Waals surface area contributed by atoms with Gasteiger partial charge in [0.05, 0.1) is 13.7 Å². The Morgan fingerprint density at radius 2 is 1.88 bits per heavy atom. The molecule has 0 saturated heterocycles. The van der Waals surface area contributed by atoms with E-state index in [1.54, 1.807) is 7.11 Å². The first-order valence-electron chi connectivity index (χ1n) is 5.33. The van der Waals surface area contributed by atoms with Crippen LogP contribution in [-0.4, -0.2) is 23.9 Å². The fourth-order valence-corrected chi connectivity index (χ4v) is 2.01. The van der Waals surface area contributed by atoms with Crippen molar-refractivity contribution in [2.75, 3.05) is 13.7 Å². The van der Waals surface area contributed by atoms with Gasteiger partial charge in [0.1, 0.15) is 11.5 Å². The van der Waals surface area contributed by atoms with Gasteiger partial charge in [-0.05, 0) is 25.5 Å². The van der Waals surface area contributed by atoms with E-state index in [-0.39, 0.29) is 12.4 Å². The van der Waals surface area contributed by atoms with Crippen molar-refractivity contribution in [3.8, 4) is 11.5 Å². The van der Waals surface area contributed by atoms with Gasteiger partial charge in [-0.3, -0.25) is 0 Å². The molecule has 0 saturated carbocycles. The zero-order valence-electron chi connectivity index (χ0n) is 10.6. The molecule has 0 radical (unpaired) electrons. The zero-order valence-corrected chi connectivity index (χ0v) is 10.6. The summed E-state index contributed by atoms with van der Waals surface area (Å²) in [6, 6.07) is 1.89. The summed E-state index contributed by atoms with van der Waals surface area (Å²) >= 11 is 0. The Balaban J connectivity index is 3.48. The maximum atomic E-state index is 10.2. The van der Waals surface area contributed by atoms with E-state index in [1.165, 1.54) is 0 Å². The third-order valence-electron chi connectivity index (χ3n) is 3.00. The van der Waals surface area contributed by atoms with E-state index in [0.29, 0.717) is 11.3 Å². The molecule has 3 nitrogen and oxygen atoms in total. The van der Waals surface area contributed by atoms with E-state index in [0.717, 1.165) is 11.1 Å². The van der Waals surface area contributed by atoms with E-state index >= 15 is 0 Å². The van der Waals surface area contributed by atoms with E-state index < -0.39 is 5.41 Å². The maximum Gasteiger partial charge on any atom is 0.126 e. The fraction of sp³-hybridized carbons (Fsp3) is 0.538. The number of aliphatic hydroxyl groups is 1. The first-order chi connectivity index (χ1) is 7.35. The molecule has 16 heavy (non-hydrogen) atoms. The van der Waals surface area contributed by atoms with Gasteiger partial charge >= 0.3 is 0 Å². The van der Waals surface area contributed by atoms with Gasteiger partial charge in [-0.25, -0.2) is 0 Å². The summed E-state index contributed by atoms with van der Waals surface area (Å²) in [5.41, 5.74) is 1.97.